The third-order valence-electron chi connectivity index (χ3n) is 12.6. The Morgan fingerprint density at radius 3 is 2.41 bits per heavy atom. The van der Waals surface area contributed by atoms with Gasteiger partial charge in [0.1, 0.15) is 23.0 Å². The standard InChI is InChI=1S/C43H36ClF3N4O6S/c1-5-21-6-9-23(10-7-21)50-38(53)26-13-12-25-28(35(26)40(50)55)18-30-39(54)51(34-19-31(48-49(34)4)37-20(2)27-16-22(44)8-15-33(27)58-37)41(56)42(30,3)36(25)29-17-24(11-14-32(29)52)57-43(45,46)47/h6-12,14-17,19,26,28,30,35-36,52H,5,13,18H2,1-4H3/t26-,28+,30-,35-,36+,42+/m0/s1. The minimum Gasteiger partial charge on any atom is -0.508 e. The van der Waals surface area contributed by atoms with Crippen molar-refractivity contribution < 1.29 is 42.2 Å². The van der Waals surface area contributed by atoms with Crippen molar-refractivity contribution in [2.24, 2.45) is 36.1 Å². The number of thiophene rings is 1. The maximum Gasteiger partial charge on any atom is 0.573 e. The molecule has 5 aromatic rings. The van der Waals surface area contributed by atoms with E-state index in [4.69, 9.17) is 16.7 Å². The van der Waals surface area contributed by atoms with Gasteiger partial charge in [-0.2, -0.15) is 5.10 Å². The highest BCUT2D eigenvalue weighted by atomic mass is 35.5. The second-order valence-corrected chi connectivity index (χ2v) is 17.2. The van der Waals surface area contributed by atoms with Crippen LogP contribution in [-0.4, -0.2) is 44.9 Å². The number of phenols is 1. The van der Waals surface area contributed by atoms with Gasteiger partial charge in [0.25, 0.3) is 0 Å². The zero-order valence-electron chi connectivity index (χ0n) is 31.6. The molecule has 15 heteroatoms. The first-order valence-corrected chi connectivity index (χ1v) is 20.1. The Balaban J connectivity index is 1.17. The Morgan fingerprint density at radius 1 is 0.966 bits per heavy atom. The molecule has 4 heterocycles. The maximum atomic E-state index is 15.1. The average Bonchev–Trinajstić information content (AvgIpc) is 3.85. The number of nitrogens with zero attached hydrogens (tertiary/aromatic N) is 4. The summed E-state index contributed by atoms with van der Waals surface area (Å²) in [5, 5.41) is 17.6. The van der Waals surface area contributed by atoms with Crippen LogP contribution in [0.15, 0.2) is 78.4 Å². The number of allylic oxidation sites excluding steroid dienone is 2. The molecule has 2 aliphatic heterocycles. The Bertz CT molecular complexity index is 2640. The number of alkyl halides is 3. The van der Waals surface area contributed by atoms with Gasteiger partial charge in [-0.1, -0.05) is 42.3 Å². The van der Waals surface area contributed by atoms with E-state index >= 15 is 4.79 Å². The van der Waals surface area contributed by atoms with E-state index in [1.807, 2.05) is 38.1 Å². The maximum absolute atomic E-state index is 15.1. The molecule has 0 bridgehead atoms. The molecule has 2 saturated heterocycles. The third-order valence-corrected chi connectivity index (χ3v) is 14.2. The quantitative estimate of drug-likeness (QED) is 0.134. The van der Waals surface area contributed by atoms with Gasteiger partial charge in [0.15, 0.2) is 0 Å². The van der Waals surface area contributed by atoms with Gasteiger partial charge in [-0.15, -0.1) is 24.5 Å². The molecule has 1 saturated carbocycles. The molecule has 0 radical (unpaired) electrons. The number of carbonyl (C=O) groups excluding carboxylic acids is 4. The first-order chi connectivity index (χ1) is 27.5. The van der Waals surface area contributed by atoms with Gasteiger partial charge in [0.2, 0.25) is 23.6 Å². The van der Waals surface area contributed by atoms with Crippen LogP contribution < -0.4 is 14.5 Å². The Morgan fingerprint density at radius 2 is 1.71 bits per heavy atom. The Labute approximate surface area is 339 Å². The first-order valence-electron chi connectivity index (χ1n) is 18.9. The van der Waals surface area contributed by atoms with E-state index < -0.39 is 70.6 Å². The number of aryl methyl sites for hydroxylation is 3. The van der Waals surface area contributed by atoms with Crippen LogP contribution in [0.3, 0.4) is 0 Å². The number of fused-ring (bicyclic) bond motifs is 5. The molecule has 6 atom stereocenters. The van der Waals surface area contributed by atoms with Crippen molar-refractivity contribution in [2.45, 2.75) is 52.3 Å². The molecule has 3 aromatic carbocycles. The van der Waals surface area contributed by atoms with Gasteiger partial charge in [-0.3, -0.25) is 28.8 Å². The lowest BCUT2D eigenvalue weighted by Crippen LogP contribution is -2.49. The number of ether oxygens (including phenoxy) is 1. The fourth-order valence-electron chi connectivity index (χ4n) is 9.89. The molecule has 2 aliphatic carbocycles. The fourth-order valence-corrected chi connectivity index (χ4v) is 11.2. The van der Waals surface area contributed by atoms with Crippen LogP contribution in [0.2, 0.25) is 5.02 Å². The minimum absolute atomic E-state index is 0.00308. The molecule has 0 spiro atoms. The fraction of sp³-hybridized carbons (Fsp3) is 0.326. The number of hydrogen-bond donors (Lipinski definition) is 1. The zero-order chi connectivity index (χ0) is 41.2. The topological polar surface area (TPSA) is 122 Å². The molecule has 4 aliphatic rings. The van der Waals surface area contributed by atoms with Crippen LogP contribution in [0.4, 0.5) is 24.7 Å². The molecule has 0 unspecified atom stereocenters. The molecular weight excluding hydrogens is 793 g/mol. The third kappa shape index (κ3) is 5.62. The second kappa shape index (κ2) is 13.3. The van der Waals surface area contributed by atoms with Crippen molar-refractivity contribution in [3.63, 3.8) is 0 Å². The van der Waals surface area contributed by atoms with Crippen molar-refractivity contribution in [1.29, 1.82) is 0 Å². The number of aromatic hydroxyl groups is 1. The SMILES string of the molecule is CCc1ccc(N2C(=O)[C@H]3[C@H](CC=C4[C@H]3C[C@H]3C(=O)N(c5cc(-c6sc7ccc(Cl)cc7c6C)nn5C)C(=O)[C@@]3(C)[C@H]4c3cc(OC(F)(F)F)ccc3O)C2=O)cc1. The number of imide groups is 2. The summed E-state index contributed by atoms with van der Waals surface area (Å²) in [7, 11) is 1.61. The van der Waals surface area contributed by atoms with E-state index in [0.29, 0.717) is 22.0 Å². The Kier molecular flexibility index (Phi) is 8.72. The summed E-state index contributed by atoms with van der Waals surface area (Å²) in [6, 6.07) is 17.4. The monoisotopic (exact) mass is 828 g/mol. The number of aromatic nitrogens is 2. The van der Waals surface area contributed by atoms with Crippen molar-refractivity contribution in [1.82, 2.24) is 9.78 Å². The molecule has 2 aromatic heterocycles. The molecular formula is C43H36ClF3N4O6S. The van der Waals surface area contributed by atoms with Gasteiger partial charge in [-0.25, -0.2) is 4.90 Å². The van der Waals surface area contributed by atoms with E-state index in [1.165, 1.54) is 20.9 Å². The van der Waals surface area contributed by atoms with Gasteiger partial charge in [0, 0.05) is 34.3 Å². The molecule has 3 fully saturated rings. The average molecular weight is 829 g/mol. The highest BCUT2D eigenvalue weighted by Gasteiger charge is 2.68. The number of benzene rings is 3. The lowest BCUT2D eigenvalue weighted by Gasteiger charge is -2.49. The van der Waals surface area contributed by atoms with Crippen LogP contribution in [0.25, 0.3) is 20.7 Å². The number of halogens is 4. The van der Waals surface area contributed by atoms with Gasteiger partial charge >= 0.3 is 6.36 Å². The van der Waals surface area contributed by atoms with Gasteiger partial charge in [0.05, 0.1) is 33.7 Å². The molecule has 10 nitrogen and oxygen atoms in total. The number of rotatable bonds is 6. The highest BCUT2D eigenvalue weighted by molar-refractivity contribution is 7.22. The van der Waals surface area contributed by atoms with Crippen molar-refractivity contribution in [3.05, 3.63) is 100 Å². The summed E-state index contributed by atoms with van der Waals surface area (Å²) in [6.07, 6.45) is -2.42. The van der Waals surface area contributed by atoms with E-state index in [2.05, 4.69) is 4.74 Å². The molecule has 58 heavy (non-hydrogen) atoms. The van der Waals surface area contributed by atoms with E-state index in [9.17, 15) is 32.7 Å². The van der Waals surface area contributed by atoms with Crippen LogP contribution in [0, 0.1) is 36.0 Å². The number of carbonyl (C=O) groups is 4. The summed E-state index contributed by atoms with van der Waals surface area (Å²) in [6.45, 7) is 5.52. The van der Waals surface area contributed by atoms with E-state index in [-0.39, 0.29) is 30.1 Å². The summed E-state index contributed by atoms with van der Waals surface area (Å²) in [4.78, 5) is 61.6. The second-order valence-electron chi connectivity index (χ2n) is 15.7. The Hall–Kier alpha value is -5.47. The van der Waals surface area contributed by atoms with Crippen LogP contribution in [0.1, 0.15) is 49.3 Å². The lowest BCUT2D eigenvalue weighted by atomic mass is 9.51. The number of anilines is 2. The van der Waals surface area contributed by atoms with Gasteiger partial charge in [-0.05, 0) is 104 Å². The van der Waals surface area contributed by atoms with E-state index in [1.54, 1.807) is 44.3 Å². The van der Waals surface area contributed by atoms with Crippen molar-refractivity contribution in [3.8, 4) is 22.1 Å². The number of phenolic OH excluding ortho intramolecular Hbond substituents is 1. The normalized spacial score (nSPS) is 25.7. The molecule has 298 valence electrons. The van der Waals surface area contributed by atoms with Crippen molar-refractivity contribution in [2.75, 3.05) is 9.80 Å². The summed E-state index contributed by atoms with van der Waals surface area (Å²) >= 11 is 7.78. The minimum atomic E-state index is -5.06. The zero-order valence-corrected chi connectivity index (χ0v) is 33.2. The summed E-state index contributed by atoms with van der Waals surface area (Å²) < 4.78 is 47.3. The predicted octanol–water partition coefficient (Wildman–Crippen LogP) is 8.87. The molecule has 1 N–H and O–H groups in total. The van der Waals surface area contributed by atoms with Crippen LogP contribution in [0.5, 0.6) is 11.5 Å². The molecule has 9 rings (SSSR count). The molecule has 4 amide bonds. The van der Waals surface area contributed by atoms with Crippen LogP contribution in [-0.2, 0) is 32.6 Å². The smallest absolute Gasteiger partial charge is 0.508 e. The highest BCUT2D eigenvalue weighted by Crippen LogP contribution is 2.65. The summed E-state index contributed by atoms with van der Waals surface area (Å²) in [5.74, 6) is -7.70. The predicted molar refractivity (Wildman–Crippen MR) is 211 cm³/mol. The van der Waals surface area contributed by atoms with Crippen molar-refractivity contribution >= 4 is 68.2 Å². The first kappa shape index (κ1) is 38.1. The summed E-state index contributed by atoms with van der Waals surface area (Å²) in [5.41, 5.74) is 1.64. The van der Waals surface area contributed by atoms with Gasteiger partial charge < -0.3 is 9.84 Å². The van der Waals surface area contributed by atoms with E-state index in [0.717, 1.165) is 55.6 Å². The number of hydrogen-bond acceptors (Lipinski definition) is 8. The number of amides is 4. The van der Waals surface area contributed by atoms with Crippen LogP contribution >= 0.6 is 22.9 Å². The lowest BCUT2D eigenvalue weighted by molar-refractivity contribution is -0.274. The largest absolute Gasteiger partial charge is 0.573 e.